The molecule has 0 radical (unpaired) electrons. The van der Waals surface area contributed by atoms with Crippen LogP contribution in [0.25, 0.3) is 10.2 Å². The zero-order valence-electron chi connectivity index (χ0n) is 18.4. The van der Waals surface area contributed by atoms with Gasteiger partial charge in [-0.15, -0.1) is 0 Å². The molecule has 0 fully saturated rings. The molecule has 0 saturated carbocycles. The van der Waals surface area contributed by atoms with Gasteiger partial charge in [-0.1, -0.05) is 11.3 Å². The predicted molar refractivity (Wildman–Crippen MR) is 130 cm³/mol. The van der Waals surface area contributed by atoms with Crippen LogP contribution in [0.5, 0.6) is 5.75 Å². The molecule has 0 N–H and O–H groups in total. The van der Waals surface area contributed by atoms with E-state index in [9.17, 15) is 13.2 Å². The third-order valence-electron chi connectivity index (χ3n) is 5.20. The number of aromatic nitrogens is 2. The van der Waals surface area contributed by atoms with Gasteiger partial charge in [-0.2, -0.15) is 0 Å². The number of benzene rings is 2. The molecule has 2 aromatic carbocycles. The van der Waals surface area contributed by atoms with Gasteiger partial charge >= 0.3 is 0 Å². The highest BCUT2D eigenvalue weighted by atomic mass is 32.2. The van der Waals surface area contributed by atoms with E-state index in [1.807, 2.05) is 30.3 Å². The van der Waals surface area contributed by atoms with E-state index >= 15 is 0 Å². The largest absolute Gasteiger partial charge is 0.497 e. The molecule has 0 unspecified atom stereocenters. The minimum atomic E-state index is -3.42. The first-order chi connectivity index (χ1) is 15.8. The van der Waals surface area contributed by atoms with Crippen LogP contribution in [-0.2, 0) is 16.4 Å². The second-order valence-corrected chi connectivity index (χ2v) is 11.2. The van der Waals surface area contributed by atoms with Gasteiger partial charge in [-0.05, 0) is 67.9 Å². The number of hydrogen-bond donors (Lipinski definition) is 0. The summed E-state index contributed by atoms with van der Waals surface area (Å²) in [7, 11) is -1.82. The molecule has 2 aromatic heterocycles. The first kappa shape index (κ1) is 22.9. The number of rotatable bonds is 7. The van der Waals surface area contributed by atoms with E-state index in [2.05, 4.69) is 9.97 Å². The van der Waals surface area contributed by atoms with Gasteiger partial charge in [-0.25, -0.2) is 13.4 Å². The number of methoxy groups -OCH3 is 1. The summed E-state index contributed by atoms with van der Waals surface area (Å²) in [5, 5.41) is 0.000855. The van der Waals surface area contributed by atoms with Crippen LogP contribution >= 0.6 is 11.3 Å². The smallest absolute Gasteiger partial charge is 0.260 e. The van der Waals surface area contributed by atoms with Gasteiger partial charge < -0.3 is 4.74 Å². The maximum absolute atomic E-state index is 13.5. The van der Waals surface area contributed by atoms with Crippen molar-refractivity contribution in [1.29, 1.82) is 0 Å². The Balaban J connectivity index is 1.72. The number of fused-ring (bicyclic) bond motifs is 1. The lowest BCUT2D eigenvalue weighted by molar-refractivity contribution is 0.0985. The van der Waals surface area contributed by atoms with Crippen molar-refractivity contribution in [3.8, 4) is 5.75 Å². The average Bonchev–Trinajstić information content (AvgIpc) is 3.25. The Morgan fingerprint density at radius 3 is 2.39 bits per heavy atom. The van der Waals surface area contributed by atoms with Gasteiger partial charge in [0, 0.05) is 24.0 Å². The summed E-state index contributed by atoms with van der Waals surface area (Å²) in [6, 6.07) is 15.3. The molecule has 0 saturated heterocycles. The molecule has 0 bridgehead atoms. The standard InChI is InChI=1S/C24H23N3O4S2/c1-16(2)33(29,30)20-7-4-18(5-8-20)23(28)27(15-17-10-12-25-13-11-17)24-26-21-14-19(31-3)6-9-22(21)32-24/h4-14,16H,15H2,1-3H3. The normalized spacial score (nSPS) is 11.6. The summed E-state index contributed by atoms with van der Waals surface area (Å²) in [5.41, 5.74) is 2.01. The average molecular weight is 482 g/mol. The quantitative estimate of drug-likeness (QED) is 0.379. The maximum atomic E-state index is 13.5. The monoisotopic (exact) mass is 481 g/mol. The number of sulfone groups is 1. The first-order valence-electron chi connectivity index (χ1n) is 10.3. The molecule has 0 atom stereocenters. The lowest BCUT2D eigenvalue weighted by atomic mass is 10.2. The fourth-order valence-corrected chi connectivity index (χ4v) is 5.25. The zero-order valence-corrected chi connectivity index (χ0v) is 20.1. The number of amides is 1. The van der Waals surface area contributed by atoms with E-state index in [4.69, 9.17) is 4.74 Å². The molecule has 1 amide bonds. The van der Waals surface area contributed by atoms with Crippen LogP contribution in [-0.4, -0.2) is 36.7 Å². The second-order valence-electron chi connectivity index (χ2n) is 7.69. The van der Waals surface area contributed by atoms with Crippen LogP contribution < -0.4 is 9.64 Å². The Labute approximate surface area is 196 Å². The molecular formula is C24H23N3O4S2. The van der Waals surface area contributed by atoms with Gasteiger partial charge in [0.2, 0.25) is 0 Å². The molecule has 0 aliphatic rings. The molecule has 9 heteroatoms. The van der Waals surface area contributed by atoms with E-state index in [1.165, 1.54) is 23.5 Å². The molecule has 4 aromatic rings. The number of hydrogen-bond acceptors (Lipinski definition) is 7. The molecular weight excluding hydrogens is 458 g/mol. The van der Waals surface area contributed by atoms with Crippen molar-refractivity contribution in [3.05, 3.63) is 78.1 Å². The summed E-state index contributed by atoms with van der Waals surface area (Å²) in [6.07, 6.45) is 3.35. The number of thiazole rings is 1. The molecule has 0 aliphatic carbocycles. The fourth-order valence-electron chi connectivity index (χ4n) is 3.25. The number of ether oxygens (including phenoxy) is 1. The van der Waals surface area contributed by atoms with E-state index in [0.29, 0.717) is 23.0 Å². The van der Waals surface area contributed by atoms with Gasteiger partial charge in [0.05, 0.1) is 34.0 Å². The van der Waals surface area contributed by atoms with E-state index in [1.54, 1.807) is 50.4 Å². The van der Waals surface area contributed by atoms with Crippen molar-refractivity contribution in [2.75, 3.05) is 12.0 Å². The lowest BCUT2D eigenvalue weighted by Crippen LogP contribution is -2.30. The number of pyridine rings is 1. The molecule has 0 aliphatic heterocycles. The van der Waals surface area contributed by atoms with Crippen molar-refractivity contribution in [2.24, 2.45) is 0 Å². The Bertz CT molecular complexity index is 1380. The van der Waals surface area contributed by atoms with Crippen LogP contribution in [0.3, 0.4) is 0 Å². The Morgan fingerprint density at radius 2 is 1.76 bits per heavy atom. The van der Waals surface area contributed by atoms with Gasteiger partial charge in [0.15, 0.2) is 15.0 Å². The molecule has 33 heavy (non-hydrogen) atoms. The molecule has 0 spiro atoms. The van der Waals surface area contributed by atoms with Crippen molar-refractivity contribution in [2.45, 2.75) is 30.5 Å². The maximum Gasteiger partial charge on any atom is 0.260 e. The summed E-state index contributed by atoms with van der Waals surface area (Å²) in [6.45, 7) is 3.56. The highest BCUT2D eigenvalue weighted by Gasteiger charge is 2.24. The Hall–Kier alpha value is -3.30. The lowest BCUT2D eigenvalue weighted by Gasteiger charge is -2.20. The van der Waals surface area contributed by atoms with E-state index in [0.717, 1.165) is 15.8 Å². The highest BCUT2D eigenvalue weighted by molar-refractivity contribution is 7.92. The fraction of sp³-hybridized carbons (Fsp3) is 0.208. The zero-order chi connectivity index (χ0) is 23.6. The topological polar surface area (TPSA) is 89.5 Å². The molecule has 2 heterocycles. The van der Waals surface area contributed by atoms with E-state index in [-0.39, 0.29) is 10.8 Å². The van der Waals surface area contributed by atoms with Crippen LogP contribution in [0.2, 0.25) is 0 Å². The Morgan fingerprint density at radius 1 is 1.06 bits per heavy atom. The van der Waals surface area contributed by atoms with Crippen molar-refractivity contribution in [3.63, 3.8) is 0 Å². The SMILES string of the molecule is COc1ccc2sc(N(Cc3ccncc3)C(=O)c3ccc(S(=O)(=O)C(C)C)cc3)nc2c1. The third-order valence-corrected chi connectivity index (χ3v) is 8.43. The van der Waals surface area contributed by atoms with Gasteiger partial charge in [0.1, 0.15) is 5.75 Å². The predicted octanol–water partition coefficient (Wildman–Crippen LogP) is 4.73. The summed E-state index contributed by atoms with van der Waals surface area (Å²) < 4.78 is 31.1. The number of carbonyl (C=O) groups excluding carboxylic acids is 1. The van der Waals surface area contributed by atoms with Crippen molar-refractivity contribution >= 4 is 42.4 Å². The summed E-state index contributed by atoms with van der Waals surface area (Å²) >= 11 is 1.41. The number of anilines is 1. The van der Waals surface area contributed by atoms with Gasteiger partial charge in [-0.3, -0.25) is 14.7 Å². The summed E-state index contributed by atoms with van der Waals surface area (Å²) in [5.74, 6) is 0.416. The highest BCUT2D eigenvalue weighted by Crippen LogP contribution is 2.33. The van der Waals surface area contributed by atoms with Gasteiger partial charge in [0.25, 0.3) is 5.91 Å². The molecule has 7 nitrogen and oxygen atoms in total. The minimum absolute atomic E-state index is 0.196. The second kappa shape index (κ2) is 9.29. The number of nitrogens with zero attached hydrogens (tertiary/aromatic N) is 3. The molecule has 4 rings (SSSR count). The van der Waals surface area contributed by atoms with Crippen molar-refractivity contribution in [1.82, 2.24) is 9.97 Å². The first-order valence-corrected chi connectivity index (χ1v) is 12.6. The molecule has 170 valence electrons. The third kappa shape index (κ3) is 4.74. The van der Waals surface area contributed by atoms with Crippen LogP contribution in [0, 0.1) is 0 Å². The van der Waals surface area contributed by atoms with Crippen LogP contribution in [0.1, 0.15) is 29.8 Å². The Kier molecular flexibility index (Phi) is 6.44. The van der Waals surface area contributed by atoms with Crippen molar-refractivity contribution < 1.29 is 17.9 Å². The minimum Gasteiger partial charge on any atom is -0.497 e. The van der Waals surface area contributed by atoms with Crippen LogP contribution in [0.4, 0.5) is 5.13 Å². The number of carbonyl (C=O) groups is 1. The van der Waals surface area contributed by atoms with Crippen LogP contribution in [0.15, 0.2) is 71.9 Å². The van der Waals surface area contributed by atoms with E-state index < -0.39 is 15.1 Å². The summed E-state index contributed by atoms with van der Waals surface area (Å²) in [4.78, 5) is 24.1.